The molecule has 0 bridgehead atoms. The number of urea groups is 1. The molecule has 0 saturated carbocycles. The second kappa shape index (κ2) is 5.87. The van der Waals surface area contributed by atoms with Gasteiger partial charge in [0.15, 0.2) is 11.5 Å². The summed E-state index contributed by atoms with van der Waals surface area (Å²) in [6.07, 6.45) is 3.93. The zero-order valence-corrected chi connectivity index (χ0v) is 12.7. The van der Waals surface area contributed by atoms with Gasteiger partial charge in [0.05, 0.1) is 6.04 Å². The average molecular weight is 313 g/mol. The summed E-state index contributed by atoms with van der Waals surface area (Å²) in [4.78, 5) is 17.6. The number of amides is 2. The van der Waals surface area contributed by atoms with E-state index in [9.17, 15) is 4.79 Å². The third kappa shape index (κ3) is 2.72. The molecule has 1 fully saturated rings. The third-order valence-corrected chi connectivity index (χ3v) is 4.38. The molecule has 0 radical (unpaired) electrons. The Balaban J connectivity index is 1.40. The minimum atomic E-state index is -0.0280. The number of ether oxygens (including phenoxy) is 2. The van der Waals surface area contributed by atoms with Crippen LogP contribution in [0.5, 0.6) is 11.5 Å². The van der Waals surface area contributed by atoms with Crippen molar-refractivity contribution in [2.24, 2.45) is 0 Å². The van der Waals surface area contributed by atoms with Gasteiger partial charge in [0.25, 0.3) is 0 Å². The van der Waals surface area contributed by atoms with Crippen LogP contribution in [0, 0.1) is 0 Å². The van der Waals surface area contributed by atoms with Crippen LogP contribution >= 0.6 is 0 Å². The minimum Gasteiger partial charge on any atom is -0.454 e. The number of aromatic nitrogens is 1. The SMILES string of the molecule is O=C(NCc1ccc2c(c1)OCO2)N1CCC[C@H]1c1ccc[nH]1. The number of benzene rings is 1. The first-order valence-corrected chi connectivity index (χ1v) is 7.87. The highest BCUT2D eigenvalue weighted by Gasteiger charge is 2.30. The molecule has 2 aliphatic rings. The molecule has 120 valence electrons. The van der Waals surface area contributed by atoms with E-state index in [4.69, 9.17) is 9.47 Å². The van der Waals surface area contributed by atoms with Gasteiger partial charge in [0.2, 0.25) is 6.79 Å². The molecule has 3 heterocycles. The fraction of sp³-hybridized carbons (Fsp3) is 0.353. The number of nitrogens with zero attached hydrogens (tertiary/aromatic N) is 1. The van der Waals surface area contributed by atoms with Crippen molar-refractivity contribution in [2.45, 2.75) is 25.4 Å². The van der Waals surface area contributed by atoms with E-state index in [1.165, 1.54) is 0 Å². The van der Waals surface area contributed by atoms with E-state index in [1.807, 2.05) is 41.4 Å². The topological polar surface area (TPSA) is 66.6 Å². The van der Waals surface area contributed by atoms with Gasteiger partial charge in [-0.2, -0.15) is 0 Å². The maximum absolute atomic E-state index is 12.5. The van der Waals surface area contributed by atoms with Crippen molar-refractivity contribution >= 4 is 6.03 Å². The number of likely N-dealkylation sites (tertiary alicyclic amines) is 1. The highest BCUT2D eigenvalue weighted by molar-refractivity contribution is 5.75. The van der Waals surface area contributed by atoms with Crippen LogP contribution in [0.4, 0.5) is 4.79 Å². The largest absolute Gasteiger partial charge is 0.454 e. The lowest BCUT2D eigenvalue weighted by atomic mass is 10.1. The van der Waals surface area contributed by atoms with E-state index < -0.39 is 0 Å². The Kier molecular flexibility index (Phi) is 3.57. The van der Waals surface area contributed by atoms with Crippen LogP contribution in [0.25, 0.3) is 0 Å². The molecule has 23 heavy (non-hydrogen) atoms. The minimum absolute atomic E-state index is 0.0280. The molecule has 1 aromatic carbocycles. The van der Waals surface area contributed by atoms with Gasteiger partial charge in [0, 0.05) is 25.0 Å². The third-order valence-electron chi connectivity index (χ3n) is 4.38. The van der Waals surface area contributed by atoms with E-state index in [0.717, 1.165) is 42.1 Å². The normalized spacial score (nSPS) is 19.1. The van der Waals surface area contributed by atoms with Crippen LogP contribution in [-0.4, -0.2) is 29.3 Å². The molecule has 2 aliphatic heterocycles. The lowest BCUT2D eigenvalue weighted by Crippen LogP contribution is -2.39. The van der Waals surface area contributed by atoms with Crippen molar-refractivity contribution in [1.29, 1.82) is 0 Å². The second-order valence-electron chi connectivity index (χ2n) is 5.82. The molecule has 0 unspecified atom stereocenters. The van der Waals surface area contributed by atoms with Gasteiger partial charge >= 0.3 is 6.03 Å². The standard InChI is InChI=1S/C17H19N3O3/c21-17(20-8-2-4-14(20)13-3-1-7-18-13)19-10-12-5-6-15-16(9-12)23-11-22-15/h1,3,5-7,9,14,18H,2,4,8,10-11H2,(H,19,21)/t14-/m0/s1. The molecular formula is C17H19N3O3. The number of nitrogens with one attached hydrogen (secondary N) is 2. The fourth-order valence-corrected chi connectivity index (χ4v) is 3.21. The Labute approximate surface area is 134 Å². The zero-order chi connectivity index (χ0) is 15.6. The summed E-state index contributed by atoms with van der Waals surface area (Å²) in [5.74, 6) is 1.49. The highest BCUT2D eigenvalue weighted by atomic mass is 16.7. The second-order valence-corrected chi connectivity index (χ2v) is 5.82. The maximum atomic E-state index is 12.5. The van der Waals surface area contributed by atoms with E-state index in [1.54, 1.807) is 0 Å². The molecule has 2 aromatic rings. The van der Waals surface area contributed by atoms with Gasteiger partial charge < -0.3 is 24.7 Å². The van der Waals surface area contributed by atoms with Crippen LogP contribution in [0.1, 0.15) is 30.1 Å². The smallest absolute Gasteiger partial charge is 0.318 e. The summed E-state index contributed by atoms with van der Waals surface area (Å²) in [6, 6.07) is 9.85. The monoisotopic (exact) mass is 313 g/mol. The molecule has 6 heteroatoms. The first-order chi connectivity index (χ1) is 11.3. The number of aromatic amines is 1. The maximum Gasteiger partial charge on any atom is 0.318 e. The number of hydrogen-bond donors (Lipinski definition) is 2. The Morgan fingerprint density at radius 3 is 3.09 bits per heavy atom. The molecule has 0 spiro atoms. The van der Waals surface area contributed by atoms with Gasteiger partial charge in [-0.3, -0.25) is 0 Å². The van der Waals surface area contributed by atoms with Crippen molar-refractivity contribution in [3.05, 3.63) is 47.8 Å². The summed E-state index contributed by atoms with van der Waals surface area (Å²) in [6.45, 7) is 1.52. The Bertz CT molecular complexity index is 699. The van der Waals surface area contributed by atoms with Gasteiger partial charge in [0.1, 0.15) is 0 Å². The Hall–Kier alpha value is -2.63. The first-order valence-electron chi connectivity index (χ1n) is 7.87. The average Bonchev–Trinajstić information content (AvgIpc) is 3.32. The summed E-state index contributed by atoms with van der Waals surface area (Å²) in [5.41, 5.74) is 2.10. The van der Waals surface area contributed by atoms with Gasteiger partial charge in [-0.1, -0.05) is 6.07 Å². The van der Waals surface area contributed by atoms with Crippen LogP contribution < -0.4 is 14.8 Å². The van der Waals surface area contributed by atoms with Crippen molar-refractivity contribution in [3.63, 3.8) is 0 Å². The van der Waals surface area contributed by atoms with E-state index >= 15 is 0 Å². The highest BCUT2D eigenvalue weighted by Crippen LogP contribution is 2.33. The molecule has 1 atom stereocenters. The van der Waals surface area contributed by atoms with Crippen molar-refractivity contribution < 1.29 is 14.3 Å². The number of H-pyrrole nitrogens is 1. The van der Waals surface area contributed by atoms with Crippen molar-refractivity contribution in [3.8, 4) is 11.5 Å². The molecular weight excluding hydrogens is 294 g/mol. The van der Waals surface area contributed by atoms with Crippen LogP contribution in [0.15, 0.2) is 36.5 Å². The summed E-state index contributed by atoms with van der Waals surface area (Å²) in [7, 11) is 0. The molecule has 1 aromatic heterocycles. The number of carbonyl (C=O) groups excluding carboxylic acids is 1. The van der Waals surface area contributed by atoms with Crippen LogP contribution in [0.3, 0.4) is 0 Å². The van der Waals surface area contributed by atoms with Crippen molar-refractivity contribution in [2.75, 3.05) is 13.3 Å². The number of carbonyl (C=O) groups is 1. The molecule has 2 amide bonds. The zero-order valence-electron chi connectivity index (χ0n) is 12.7. The molecule has 6 nitrogen and oxygen atoms in total. The van der Waals surface area contributed by atoms with Crippen LogP contribution in [0.2, 0.25) is 0 Å². The van der Waals surface area contributed by atoms with E-state index in [0.29, 0.717) is 6.54 Å². The van der Waals surface area contributed by atoms with Gasteiger partial charge in [-0.25, -0.2) is 4.79 Å². The summed E-state index contributed by atoms with van der Waals surface area (Å²) >= 11 is 0. The summed E-state index contributed by atoms with van der Waals surface area (Å²) < 4.78 is 10.7. The van der Waals surface area contributed by atoms with Gasteiger partial charge in [-0.15, -0.1) is 0 Å². The number of hydrogen-bond acceptors (Lipinski definition) is 3. The Morgan fingerprint density at radius 1 is 1.30 bits per heavy atom. The van der Waals surface area contributed by atoms with E-state index in [-0.39, 0.29) is 18.9 Å². The first kappa shape index (κ1) is 14.0. The number of fused-ring (bicyclic) bond motifs is 1. The molecule has 2 N–H and O–H groups in total. The van der Waals surface area contributed by atoms with Gasteiger partial charge in [-0.05, 0) is 42.7 Å². The molecule has 1 saturated heterocycles. The molecule has 0 aliphatic carbocycles. The van der Waals surface area contributed by atoms with E-state index in [2.05, 4.69) is 10.3 Å². The summed E-state index contributed by atoms with van der Waals surface area (Å²) in [5, 5.41) is 3.00. The van der Waals surface area contributed by atoms with Crippen LogP contribution in [-0.2, 0) is 6.54 Å². The molecule has 4 rings (SSSR count). The fourth-order valence-electron chi connectivity index (χ4n) is 3.21. The number of rotatable bonds is 3. The predicted octanol–water partition coefficient (Wildman–Crippen LogP) is 2.79. The predicted molar refractivity (Wildman–Crippen MR) is 84.3 cm³/mol. The lowest BCUT2D eigenvalue weighted by Gasteiger charge is -2.24. The Morgan fingerprint density at radius 2 is 2.22 bits per heavy atom. The van der Waals surface area contributed by atoms with Crippen molar-refractivity contribution in [1.82, 2.24) is 15.2 Å². The quantitative estimate of drug-likeness (QED) is 0.915. The lowest BCUT2D eigenvalue weighted by molar-refractivity contribution is 0.174.